The maximum Gasteiger partial charge on any atom is 0.161 e. The third-order valence-electron chi connectivity index (χ3n) is 5.26. The number of anilines is 1. The quantitative estimate of drug-likeness (QED) is 0.766. The van der Waals surface area contributed by atoms with Crippen molar-refractivity contribution in [2.24, 2.45) is 0 Å². The van der Waals surface area contributed by atoms with Crippen molar-refractivity contribution in [3.8, 4) is 11.5 Å². The molecule has 1 saturated heterocycles. The molecule has 26 heavy (non-hydrogen) atoms. The van der Waals surface area contributed by atoms with E-state index in [4.69, 9.17) is 21.1 Å². The largest absolute Gasteiger partial charge is 0.493 e. The SMILES string of the molecule is COc1ccc(C(C)N2CCN(c3ccc(Cl)c(C)c3)CC2)cc1OC. The minimum Gasteiger partial charge on any atom is -0.493 e. The van der Waals surface area contributed by atoms with Gasteiger partial charge in [0, 0.05) is 42.9 Å². The number of hydrogen-bond acceptors (Lipinski definition) is 4. The van der Waals surface area contributed by atoms with Gasteiger partial charge >= 0.3 is 0 Å². The Hall–Kier alpha value is -1.91. The van der Waals surface area contributed by atoms with Crippen molar-refractivity contribution in [2.45, 2.75) is 19.9 Å². The van der Waals surface area contributed by atoms with Crippen LogP contribution in [0.2, 0.25) is 5.02 Å². The smallest absolute Gasteiger partial charge is 0.161 e. The molecule has 0 radical (unpaired) electrons. The maximum absolute atomic E-state index is 6.15. The number of ether oxygens (including phenoxy) is 2. The molecule has 0 aromatic heterocycles. The molecule has 0 aliphatic carbocycles. The molecule has 1 fully saturated rings. The van der Waals surface area contributed by atoms with Gasteiger partial charge in [0.1, 0.15) is 0 Å². The fraction of sp³-hybridized carbons (Fsp3) is 0.429. The second-order valence-corrected chi connectivity index (χ2v) is 7.15. The van der Waals surface area contributed by atoms with Gasteiger partial charge in [0.2, 0.25) is 0 Å². The van der Waals surface area contributed by atoms with Crippen molar-refractivity contribution in [3.05, 3.63) is 52.5 Å². The van der Waals surface area contributed by atoms with Crippen LogP contribution < -0.4 is 14.4 Å². The van der Waals surface area contributed by atoms with E-state index in [1.165, 1.54) is 11.3 Å². The molecule has 2 aromatic rings. The van der Waals surface area contributed by atoms with Gasteiger partial charge < -0.3 is 14.4 Å². The molecule has 0 amide bonds. The summed E-state index contributed by atoms with van der Waals surface area (Å²) in [6, 6.07) is 12.8. The van der Waals surface area contributed by atoms with E-state index in [0.717, 1.165) is 48.3 Å². The van der Waals surface area contributed by atoms with Crippen molar-refractivity contribution in [3.63, 3.8) is 0 Å². The minimum absolute atomic E-state index is 0.337. The molecule has 1 unspecified atom stereocenters. The van der Waals surface area contributed by atoms with Crippen molar-refractivity contribution < 1.29 is 9.47 Å². The van der Waals surface area contributed by atoms with Crippen LogP contribution in [-0.2, 0) is 0 Å². The minimum atomic E-state index is 0.337. The van der Waals surface area contributed by atoms with Gasteiger partial charge in [0.25, 0.3) is 0 Å². The van der Waals surface area contributed by atoms with Crippen LogP contribution in [0, 0.1) is 6.92 Å². The van der Waals surface area contributed by atoms with Crippen LogP contribution in [0.15, 0.2) is 36.4 Å². The summed E-state index contributed by atoms with van der Waals surface area (Å²) in [5.41, 5.74) is 3.63. The first kappa shape index (κ1) is 18.9. The molecule has 1 aliphatic heterocycles. The number of nitrogens with zero attached hydrogens (tertiary/aromatic N) is 2. The summed E-state index contributed by atoms with van der Waals surface area (Å²) in [5, 5.41) is 0.828. The highest BCUT2D eigenvalue weighted by molar-refractivity contribution is 6.31. The maximum atomic E-state index is 6.15. The second-order valence-electron chi connectivity index (χ2n) is 6.75. The van der Waals surface area contributed by atoms with Crippen LogP contribution in [0.1, 0.15) is 24.1 Å². The summed E-state index contributed by atoms with van der Waals surface area (Å²) in [7, 11) is 3.35. The molecule has 0 spiro atoms. The van der Waals surface area contributed by atoms with E-state index < -0.39 is 0 Å². The Labute approximate surface area is 161 Å². The monoisotopic (exact) mass is 374 g/mol. The first-order valence-electron chi connectivity index (χ1n) is 9.00. The van der Waals surface area contributed by atoms with Crippen molar-refractivity contribution >= 4 is 17.3 Å². The molecule has 1 atom stereocenters. The molecule has 0 bridgehead atoms. The summed E-state index contributed by atoms with van der Waals surface area (Å²) in [6.45, 7) is 8.39. The van der Waals surface area contributed by atoms with Gasteiger partial charge in [0.05, 0.1) is 14.2 Å². The second kappa shape index (κ2) is 8.19. The Balaban J connectivity index is 1.66. The van der Waals surface area contributed by atoms with Crippen LogP contribution in [0.25, 0.3) is 0 Å². The predicted octanol–water partition coefficient (Wildman–Crippen LogP) is 4.55. The van der Waals surface area contributed by atoms with E-state index in [-0.39, 0.29) is 0 Å². The number of piperazine rings is 1. The molecule has 2 aromatic carbocycles. The molecule has 4 nitrogen and oxygen atoms in total. The number of aryl methyl sites for hydroxylation is 1. The highest BCUT2D eigenvalue weighted by atomic mass is 35.5. The summed E-state index contributed by atoms with van der Waals surface area (Å²) < 4.78 is 10.8. The topological polar surface area (TPSA) is 24.9 Å². The highest BCUT2D eigenvalue weighted by Gasteiger charge is 2.23. The molecule has 1 aliphatic rings. The molecule has 0 N–H and O–H groups in total. The first-order chi connectivity index (χ1) is 12.5. The van der Waals surface area contributed by atoms with Gasteiger partial charge in [-0.05, 0) is 55.3 Å². The average Bonchev–Trinajstić information content (AvgIpc) is 2.69. The van der Waals surface area contributed by atoms with E-state index in [1.54, 1.807) is 14.2 Å². The Morgan fingerprint density at radius 1 is 0.923 bits per heavy atom. The number of halogens is 1. The number of hydrogen-bond donors (Lipinski definition) is 0. The number of benzene rings is 2. The normalized spacial score (nSPS) is 16.4. The van der Waals surface area contributed by atoms with Crippen LogP contribution in [0.5, 0.6) is 11.5 Å². The lowest BCUT2D eigenvalue weighted by Gasteiger charge is -2.39. The lowest BCUT2D eigenvalue weighted by molar-refractivity contribution is 0.198. The van der Waals surface area contributed by atoms with Crippen molar-refractivity contribution in [1.29, 1.82) is 0 Å². The molecule has 140 valence electrons. The van der Waals surface area contributed by atoms with Gasteiger partial charge in [-0.1, -0.05) is 17.7 Å². The molecular weight excluding hydrogens is 348 g/mol. The van der Waals surface area contributed by atoms with Crippen molar-refractivity contribution in [2.75, 3.05) is 45.3 Å². The van der Waals surface area contributed by atoms with Gasteiger partial charge in [-0.3, -0.25) is 4.90 Å². The summed E-state index contributed by atoms with van der Waals surface area (Å²) in [5.74, 6) is 1.55. The van der Waals surface area contributed by atoms with Gasteiger partial charge in [0.15, 0.2) is 11.5 Å². The van der Waals surface area contributed by atoms with Crippen LogP contribution in [-0.4, -0.2) is 45.3 Å². The molecule has 0 saturated carbocycles. The Morgan fingerprint density at radius 3 is 2.23 bits per heavy atom. The van der Waals surface area contributed by atoms with E-state index in [0.29, 0.717) is 6.04 Å². The van der Waals surface area contributed by atoms with E-state index in [2.05, 4.69) is 47.9 Å². The Kier molecular flexibility index (Phi) is 5.94. The lowest BCUT2D eigenvalue weighted by atomic mass is 10.0. The highest BCUT2D eigenvalue weighted by Crippen LogP contribution is 2.32. The third kappa shape index (κ3) is 3.92. The molecule has 3 rings (SSSR count). The molecule has 5 heteroatoms. The predicted molar refractivity (Wildman–Crippen MR) is 108 cm³/mol. The van der Waals surface area contributed by atoms with E-state index in [9.17, 15) is 0 Å². The Morgan fingerprint density at radius 2 is 1.62 bits per heavy atom. The van der Waals surface area contributed by atoms with Crippen LogP contribution in [0.4, 0.5) is 5.69 Å². The van der Waals surface area contributed by atoms with Gasteiger partial charge in [-0.25, -0.2) is 0 Å². The molecular formula is C21H27ClN2O2. The van der Waals surface area contributed by atoms with Crippen molar-refractivity contribution in [1.82, 2.24) is 4.90 Å². The average molecular weight is 375 g/mol. The summed E-state index contributed by atoms with van der Waals surface area (Å²) in [6.07, 6.45) is 0. The zero-order chi connectivity index (χ0) is 18.7. The zero-order valence-electron chi connectivity index (χ0n) is 16.0. The summed E-state index contributed by atoms with van der Waals surface area (Å²) >= 11 is 6.15. The molecule has 1 heterocycles. The standard InChI is InChI=1S/C21H27ClN2O2/c1-15-13-18(6-7-19(15)22)24-11-9-23(10-12-24)16(2)17-5-8-20(25-3)21(14-17)26-4/h5-8,13-14,16H,9-12H2,1-4H3. The van der Waals surface area contributed by atoms with E-state index in [1.807, 2.05) is 12.1 Å². The van der Waals surface area contributed by atoms with Gasteiger partial charge in [-0.15, -0.1) is 0 Å². The summed E-state index contributed by atoms with van der Waals surface area (Å²) in [4.78, 5) is 4.95. The Bertz CT molecular complexity index is 758. The third-order valence-corrected chi connectivity index (χ3v) is 5.68. The number of rotatable bonds is 5. The first-order valence-corrected chi connectivity index (χ1v) is 9.38. The van der Waals surface area contributed by atoms with E-state index >= 15 is 0 Å². The number of methoxy groups -OCH3 is 2. The fourth-order valence-electron chi connectivity index (χ4n) is 3.52. The van der Waals surface area contributed by atoms with Crippen LogP contribution in [0.3, 0.4) is 0 Å². The lowest BCUT2D eigenvalue weighted by Crippen LogP contribution is -2.47. The van der Waals surface area contributed by atoms with Gasteiger partial charge in [-0.2, -0.15) is 0 Å². The van der Waals surface area contributed by atoms with Crippen LogP contribution >= 0.6 is 11.6 Å². The fourth-order valence-corrected chi connectivity index (χ4v) is 3.63. The zero-order valence-corrected chi connectivity index (χ0v) is 16.7.